The molecule has 1 aliphatic rings. The number of benzene rings is 1. The third kappa shape index (κ3) is 2.93. The van der Waals surface area contributed by atoms with E-state index < -0.39 is 5.82 Å². The van der Waals surface area contributed by atoms with Gasteiger partial charge in [-0.1, -0.05) is 11.8 Å². The third-order valence-electron chi connectivity index (χ3n) is 2.79. The highest BCUT2D eigenvalue weighted by atomic mass is 32.2. The van der Waals surface area contributed by atoms with Crippen LogP contribution in [0.1, 0.15) is 18.9 Å². The fourth-order valence-corrected chi connectivity index (χ4v) is 2.94. The fourth-order valence-electron chi connectivity index (χ4n) is 2.02. The lowest BCUT2D eigenvalue weighted by molar-refractivity contribution is -0.117. The molecule has 1 fully saturated rings. The summed E-state index contributed by atoms with van der Waals surface area (Å²) in [5.41, 5.74) is 0.373. The standard InChI is InChI=1S/C13H11FN2O2S/c1-8(17)19-10-5-13(18)16(7-10)12-3-2-9(6-15)4-11(12)14/h2-4,10H,5,7H2,1H3. The smallest absolute Gasteiger partial charge is 0.228 e. The molecule has 2 rings (SSSR count). The summed E-state index contributed by atoms with van der Waals surface area (Å²) in [6, 6.07) is 5.84. The van der Waals surface area contributed by atoms with Gasteiger partial charge < -0.3 is 4.90 Å². The van der Waals surface area contributed by atoms with Crippen molar-refractivity contribution in [2.75, 3.05) is 11.4 Å². The predicted molar refractivity (Wildman–Crippen MR) is 70.1 cm³/mol. The van der Waals surface area contributed by atoms with Crippen LogP contribution in [0.4, 0.5) is 10.1 Å². The molecule has 0 saturated carbocycles. The number of carbonyl (C=O) groups is 2. The van der Waals surface area contributed by atoms with Crippen molar-refractivity contribution in [2.45, 2.75) is 18.6 Å². The maximum Gasteiger partial charge on any atom is 0.228 e. The average Bonchev–Trinajstić information content (AvgIpc) is 2.69. The van der Waals surface area contributed by atoms with Crippen LogP contribution < -0.4 is 4.90 Å². The summed E-state index contributed by atoms with van der Waals surface area (Å²) in [5.74, 6) is -0.803. The molecule has 1 aromatic rings. The molecular formula is C13H11FN2O2S. The number of rotatable bonds is 2. The van der Waals surface area contributed by atoms with Gasteiger partial charge in [-0.15, -0.1) is 0 Å². The second kappa shape index (κ2) is 5.41. The van der Waals surface area contributed by atoms with Crippen LogP contribution in [0.25, 0.3) is 0 Å². The zero-order valence-electron chi connectivity index (χ0n) is 10.2. The average molecular weight is 278 g/mol. The fraction of sp³-hybridized carbons (Fsp3) is 0.308. The van der Waals surface area contributed by atoms with Crippen LogP contribution in [0.15, 0.2) is 18.2 Å². The molecule has 0 aliphatic carbocycles. The van der Waals surface area contributed by atoms with Crippen molar-refractivity contribution in [1.29, 1.82) is 5.26 Å². The number of thioether (sulfide) groups is 1. The monoisotopic (exact) mass is 278 g/mol. The second-order valence-electron chi connectivity index (χ2n) is 4.22. The number of anilines is 1. The Hall–Kier alpha value is -1.87. The Labute approximate surface area is 114 Å². The third-order valence-corrected chi connectivity index (χ3v) is 3.77. The van der Waals surface area contributed by atoms with Crippen LogP contribution in [0, 0.1) is 17.1 Å². The predicted octanol–water partition coefficient (Wildman–Crippen LogP) is 2.08. The minimum atomic E-state index is -0.596. The first kappa shape index (κ1) is 13.6. The van der Waals surface area contributed by atoms with Crippen molar-refractivity contribution < 1.29 is 14.0 Å². The Morgan fingerprint density at radius 1 is 1.58 bits per heavy atom. The molecule has 1 atom stereocenters. The number of carbonyl (C=O) groups excluding carboxylic acids is 2. The lowest BCUT2D eigenvalue weighted by atomic mass is 10.2. The molecular weight excluding hydrogens is 267 g/mol. The van der Waals surface area contributed by atoms with Crippen molar-refractivity contribution in [2.24, 2.45) is 0 Å². The van der Waals surface area contributed by atoms with Gasteiger partial charge in [-0.3, -0.25) is 9.59 Å². The molecule has 1 unspecified atom stereocenters. The maximum absolute atomic E-state index is 13.8. The highest BCUT2D eigenvalue weighted by Crippen LogP contribution is 2.30. The van der Waals surface area contributed by atoms with E-state index in [9.17, 15) is 14.0 Å². The molecule has 4 nitrogen and oxygen atoms in total. The highest BCUT2D eigenvalue weighted by molar-refractivity contribution is 8.14. The van der Waals surface area contributed by atoms with Gasteiger partial charge in [0.05, 0.1) is 17.3 Å². The molecule has 0 aromatic heterocycles. The summed E-state index contributed by atoms with van der Waals surface area (Å²) in [6.07, 6.45) is 0.226. The normalized spacial score (nSPS) is 18.5. The molecule has 0 N–H and O–H groups in total. The Morgan fingerprint density at radius 3 is 2.89 bits per heavy atom. The molecule has 1 aliphatic heterocycles. The van der Waals surface area contributed by atoms with Crippen LogP contribution in [0.5, 0.6) is 0 Å². The lowest BCUT2D eigenvalue weighted by Gasteiger charge is -2.17. The van der Waals surface area contributed by atoms with E-state index in [0.29, 0.717) is 6.54 Å². The van der Waals surface area contributed by atoms with Gasteiger partial charge in [0.15, 0.2) is 5.12 Å². The second-order valence-corrected chi connectivity index (χ2v) is 5.70. The Balaban J connectivity index is 2.21. The Kier molecular flexibility index (Phi) is 3.86. The topological polar surface area (TPSA) is 61.2 Å². The van der Waals surface area contributed by atoms with E-state index in [1.807, 2.05) is 6.07 Å². The molecule has 0 bridgehead atoms. The Bertz CT molecular complexity index is 582. The van der Waals surface area contributed by atoms with Gasteiger partial charge in [-0.2, -0.15) is 5.26 Å². The van der Waals surface area contributed by atoms with E-state index in [1.54, 1.807) is 0 Å². The van der Waals surface area contributed by atoms with Crippen LogP contribution in [0.3, 0.4) is 0 Å². The van der Waals surface area contributed by atoms with Gasteiger partial charge in [0.1, 0.15) is 5.82 Å². The molecule has 0 spiro atoms. The van der Waals surface area contributed by atoms with Gasteiger partial charge in [-0.05, 0) is 18.2 Å². The number of hydrogen-bond donors (Lipinski definition) is 0. The molecule has 1 aromatic carbocycles. The van der Waals surface area contributed by atoms with E-state index in [1.165, 1.54) is 24.0 Å². The summed E-state index contributed by atoms with van der Waals surface area (Å²) in [4.78, 5) is 24.2. The number of amides is 1. The number of nitrogens with zero attached hydrogens (tertiary/aromatic N) is 2. The highest BCUT2D eigenvalue weighted by Gasteiger charge is 2.33. The van der Waals surface area contributed by atoms with Gasteiger partial charge in [0.2, 0.25) is 5.91 Å². The quantitative estimate of drug-likeness (QED) is 0.831. The first-order valence-corrected chi connectivity index (χ1v) is 6.56. The molecule has 98 valence electrons. The van der Waals surface area contributed by atoms with E-state index in [-0.39, 0.29) is 33.9 Å². The van der Waals surface area contributed by atoms with Crippen molar-refractivity contribution in [3.05, 3.63) is 29.6 Å². The minimum Gasteiger partial charge on any atom is -0.308 e. The zero-order chi connectivity index (χ0) is 14.0. The molecule has 19 heavy (non-hydrogen) atoms. The molecule has 1 saturated heterocycles. The number of nitriles is 1. The van der Waals surface area contributed by atoms with Gasteiger partial charge in [-0.25, -0.2) is 4.39 Å². The van der Waals surface area contributed by atoms with Crippen LogP contribution in [0.2, 0.25) is 0 Å². The van der Waals surface area contributed by atoms with E-state index in [0.717, 1.165) is 17.8 Å². The van der Waals surface area contributed by atoms with E-state index in [4.69, 9.17) is 5.26 Å². The van der Waals surface area contributed by atoms with Crippen LogP contribution >= 0.6 is 11.8 Å². The molecule has 0 radical (unpaired) electrons. The van der Waals surface area contributed by atoms with Crippen LogP contribution in [-0.4, -0.2) is 22.8 Å². The first-order chi connectivity index (χ1) is 9.01. The zero-order valence-corrected chi connectivity index (χ0v) is 11.0. The minimum absolute atomic E-state index is 0.0556. The number of hydrogen-bond acceptors (Lipinski definition) is 4. The summed E-state index contributed by atoms with van der Waals surface area (Å²) in [5, 5.41) is 8.48. The van der Waals surface area contributed by atoms with Crippen molar-refractivity contribution in [3.8, 4) is 6.07 Å². The SMILES string of the molecule is CC(=O)SC1CC(=O)N(c2ccc(C#N)cc2F)C1. The van der Waals surface area contributed by atoms with Crippen LogP contribution in [-0.2, 0) is 9.59 Å². The number of halogens is 1. The van der Waals surface area contributed by atoms with E-state index >= 15 is 0 Å². The van der Waals surface area contributed by atoms with Crippen molar-refractivity contribution in [1.82, 2.24) is 0 Å². The van der Waals surface area contributed by atoms with Gasteiger partial charge >= 0.3 is 0 Å². The summed E-state index contributed by atoms with van der Waals surface area (Å²) < 4.78 is 13.8. The lowest BCUT2D eigenvalue weighted by Crippen LogP contribution is -2.26. The molecule has 6 heteroatoms. The van der Waals surface area contributed by atoms with Gasteiger partial charge in [0, 0.05) is 25.1 Å². The largest absolute Gasteiger partial charge is 0.308 e. The maximum atomic E-state index is 13.8. The molecule has 1 amide bonds. The van der Waals surface area contributed by atoms with E-state index in [2.05, 4.69) is 0 Å². The molecule has 1 heterocycles. The summed E-state index contributed by atoms with van der Waals surface area (Å²) in [7, 11) is 0. The summed E-state index contributed by atoms with van der Waals surface area (Å²) in [6.45, 7) is 1.76. The van der Waals surface area contributed by atoms with Gasteiger partial charge in [0.25, 0.3) is 0 Å². The Morgan fingerprint density at radius 2 is 2.32 bits per heavy atom. The van der Waals surface area contributed by atoms with Crippen molar-refractivity contribution in [3.63, 3.8) is 0 Å². The van der Waals surface area contributed by atoms with Crippen molar-refractivity contribution >= 4 is 28.5 Å². The summed E-state index contributed by atoms with van der Waals surface area (Å²) >= 11 is 1.10. The first-order valence-electron chi connectivity index (χ1n) is 5.68.